The molecule has 3 aromatic carbocycles. The molecule has 0 unspecified atom stereocenters. The van der Waals surface area contributed by atoms with Crippen LogP contribution < -0.4 is 8.85 Å². The first-order valence-electron chi connectivity index (χ1n) is 44.5. The molecule has 8 rings (SSSR count). The average molecular weight is 1740 g/mol. The van der Waals surface area contributed by atoms with Crippen molar-refractivity contribution in [1.29, 1.82) is 0 Å². The quantitative estimate of drug-likeness (QED) is 0.0256. The molecule has 0 saturated carbocycles. The standard InChI is InChI=1S/C62H106O8Si3.C35H52O10.CO2/c1-39(44(6)52(68-71(22,23)58(10,11)12)36-49-45(7)53(69-72(24,25)59(13,14)15)37-54(46(49)8)70-73(26,27)60(16,17)18)34-55-61(19,20)42(4)35-51(65-55)40(2)33-50(63)56(66-57(64)48-31-29-28-30-32-48)62(21)38-41(3)43(5)47(9)67-62;1-16(10-26(39)32(41)35(9)15-17(2)18(3)21(6)45-35)27-14-29(40)34(7,8)30(43-27)13-24(37)20(5)28-11-22-19(4)23(36)12-25(38)31(22)33(42)44-28;2-1-3/h28-32,37,39-40,42-44,47,51-52,55-56H,3,33-36,38H2,1-2,4-27H3;12,16,18,20-21,24,27-30,32,36-38,40-41H,2,10-11,13-15H2,1,3-9H3;/t39-,40+,42+,43+,44+,47+,51-,52+,55+,56+,62+;16-,18-,20-,21-,24+,27+,28-,29-,30-,32-,35-;/m01./s1. The first-order chi connectivity index (χ1) is 55.2. The summed E-state index contributed by atoms with van der Waals surface area (Å²) in [4.78, 5) is 70.8. The Bertz CT molecular complexity index is 4090. The van der Waals surface area contributed by atoms with Gasteiger partial charge in [0, 0.05) is 80.2 Å². The fraction of sp³-hybridized carbons (Fsp3) is 0.724. The number of aliphatic hydroxyl groups is 3. The van der Waals surface area contributed by atoms with Gasteiger partial charge in [-0.15, -0.1) is 0 Å². The van der Waals surface area contributed by atoms with Gasteiger partial charge in [-0.25, -0.2) is 9.59 Å². The van der Waals surface area contributed by atoms with Gasteiger partial charge in [-0.2, -0.15) is 9.59 Å². The molecule has 5 aliphatic heterocycles. The number of Topliss-reactive ketones (excluding diaryl/α,β-unsaturated/α-hetero) is 2. The number of esters is 2. The van der Waals surface area contributed by atoms with Crippen LogP contribution in [0.25, 0.3) is 0 Å². The Morgan fingerprint density at radius 1 is 0.620 bits per heavy atom. The maximum Gasteiger partial charge on any atom is 0.373 e. The maximum absolute atomic E-state index is 14.8. The lowest BCUT2D eigenvalue weighted by atomic mass is 9.66. The zero-order valence-electron chi connectivity index (χ0n) is 80.4. The number of phenols is 2. The van der Waals surface area contributed by atoms with Gasteiger partial charge in [0.1, 0.15) is 52.0 Å². The maximum atomic E-state index is 14.8. The van der Waals surface area contributed by atoms with Crippen LogP contribution in [0, 0.1) is 78.9 Å². The number of hydrogen-bond donors (Lipinski definition) is 5. The minimum atomic E-state index is -2.28. The smallest absolute Gasteiger partial charge is 0.373 e. The van der Waals surface area contributed by atoms with Crippen molar-refractivity contribution in [3.05, 3.63) is 106 Å². The Labute approximate surface area is 730 Å². The molecule has 3 aromatic rings. The van der Waals surface area contributed by atoms with E-state index in [9.17, 15) is 44.7 Å². The van der Waals surface area contributed by atoms with Crippen LogP contribution >= 0.6 is 0 Å². The van der Waals surface area contributed by atoms with Crippen LogP contribution in [0.2, 0.25) is 54.4 Å². The Morgan fingerprint density at radius 3 is 1.55 bits per heavy atom. The zero-order valence-corrected chi connectivity index (χ0v) is 83.4. The van der Waals surface area contributed by atoms with Gasteiger partial charge in [0.25, 0.3) is 0 Å². The van der Waals surface area contributed by atoms with E-state index in [1.165, 1.54) is 16.7 Å². The van der Waals surface area contributed by atoms with Crippen molar-refractivity contribution in [1.82, 2.24) is 0 Å². The molecule has 682 valence electrons. The zero-order chi connectivity index (χ0) is 92.5. The lowest BCUT2D eigenvalue weighted by Crippen LogP contribution is -2.55. The summed E-state index contributed by atoms with van der Waals surface area (Å²) in [7, 11) is -6.72. The monoisotopic (exact) mass is 1740 g/mol. The molecule has 0 aliphatic carbocycles. The number of benzene rings is 3. The number of aliphatic hydroxyl groups excluding tert-OH is 3. The van der Waals surface area contributed by atoms with E-state index in [1.54, 1.807) is 45.0 Å². The van der Waals surface area contributed by atoms with Gasteiger partial charge in [0.05, 0.1) is 60.5 Å². The summed E-state index contributed by atoms with van der Waals surface area (Å²) in [5.74, 6) is -0.365. The van der Waals surface area contributed by atoms with Crippen LogP contribution in [0.5, 0.6) is 23.0 Å². The van der Waals surface area contributed by atoms with Crippen LogP contribution in [-0.4, -0.2) is 165 Å². The Hall–Kier alpha value is -5.67. The van der Waals surface area contributed by atoms with Crippen molar-refractivity contribution >= 4 is 54.6 Å². The summed E-state index contributed by atoms with van der Waals surface area (Å²) in [6, 6.07) is 12.2. The highest BCUT2D eigenvalue weighted by molar-refractivity contribution is 6.75. The highest BCUT2D eigenvalue weighted by Gasteiger charge is 2.54. The van der Waals surface area contributed by atoms with Crippen molar-refractivity contribution in [3.63, 3.8) is 0 Å². The summed E-state index contributed by atoms with van der Waals surface area (Å²) < 4.78 is 60.5. The van der Waals surface area contributed by atoms with E-state index in [1.807, 2.05) is 54.5 Å². The van der Waals surface area contributed by atoms with Gasteiger partial charge >= 0.3 is 18.1 Å². The number of ether oxygens (including phenoxy) is 6. The summed E-state index contributed by atoms with van der Waals surface area (Å²) in [6.07, 6.45) is -2.32. The molecule has 5 N–H and O–H groups in total. The van der Waals surface area contributed by atoms with Gasteiger partial charge in [-0.05, 0) is 197 Å². The minimum Gasteiger partial charge on any atom is -0.543 e. The second kappa shape index (κ2) is 39.7. The molecule has 121 heavy (non-hydrogen) atoms. The number of fused-ring (bicyclic) bond motifs is 1. The van der Waals surface area contributed by atoms with E-state index in [4.69, 9.17) is 51.3 Å². The predicted octanol–water partition coefficient (Wildman–Crippen LogP) is 20.6. The van der Waals surface area contributed by atoms with E-state index in [0.29, 0.717) is 41.9 Å². The van der Waals surface area contributed by atoms with Gasteiger partial charge in [0.15, 0.2) is 26.0 Å². The topological polar surface area (TPSA) is 287 Å². The molecule has 22 atom stereocenters. The molecule has 4 saturated heterocycles. The third-order valence-corrected chi connectivity index (χ3v) is 43.9. The molecule has 20 nitrogen and oxygen atoms in total. The predicted molar refractivity (Wildman–Crippen MR) is 485 cm³/mol. The van der Waals surface area contributed by atoms with Gasteiger partial charge < -0.3 is 67.2 Å². The molecule has 0 spiro atoms. The number of aromatic hydroxyl groups is 2. The van der Waals surface area contributed by atoms with Crippen LogP contribution in [-0.2, 0) is 64.9 Å². The lowest BCUT2D eigenvalue weighted by molar-refractivity contribution is -0.200. The first-order valence-corrected chi connectivity index (χ1v) is 53.2. The summed E-state index contributed by atoms with van der Waals surface area (Å²) in [5, 5.41) is 54.1. The number of cyclic esters (lactones) is 1. The average Bonchev–Trinajstić information content (AvgIpc) is 0.766. The Morgan fingerprint density at radius 2 is 1.07 bits per heavy atom. The third kappa shape index (κ3) is 24.2. The third-order valence-electron chi connectivity index (χ3n) is 30.7. The minimum absolute atomic E-state index is 0.0109. The van der Waals surface area contributed by atoms with Crippen molar-refractivity contribution < 1.29 is 96.0 Å². The summed E-state index contributed by atoms with van der Waals surface area (Å²) in [6.45, 7) is 82.6. The lowest BCUT2D eigenvalue weighted by Gasteiger charge is -2.50. The van der Waals surface area contributed by atoms with Gasteiger partial charge in [-0.3, -0.25) is 9.59 Å². The van der Waals surface area contributed by atoms with E-state index in [-0.39, 0.29) is 147 Å². The molecular weight excluding hydrogens is 1580 g/mol. The van der Waals surface area contributed by atoms with E-state index in [2.05, 4.69) is 183 Å². The van der Waals surface area contributed by atoms with Crippen molar-refractivity contribution in [2.45, 2.75) is 397 Å². The van der Waals surface area contributed by atoms with Gasteiger partial charge in [0.2, 0.25) is 16.6 Å². The SMILES string of the molecule is C=C1C[C@](C)([C@H](O)C(=O)C[C@@H](C)[C@@H]2C[C@@H](O)C(C)(C)[C@@H](C[C@H](O)[C@@H](C)[C@H]3Cc4c(C)c(O)cc(O)c4C(=O)O3)O2)O[C@H](C)[C@@H]1C.C=C1C[C@](C)([C@H](OC(=O)c2ccccc2)C(=O)C[C@@H](C)[C@@H]2C[C@@H](C)C(C)(C)[C@@H](C[C@H](C)[C@@H](C)[C@@H](Cc3c(C)c(O[Si](C)(C)C(C)(C)C)cc(O[Si](C)(C)C(C)(C)C)c3C)O[Si](C)(C)C(C)(C)C)O2)O[C@H](C)[C@@H]1C.O=C=O. The van der Waals surface area contributed by atoms with E-state index in [0.717, 1.165) is 48.0 Å². The van der Waals surface area contributed by atoms with Crippen LogP contribution in [0.1, 0.15) is 273 Å². The number of hydrogen-bond acceptors (Lipinski definition) is 20. The molecule has 0 bridgehead atoms. The van der Waals surface area contributed by atoms with E-state index >= 15 is 0 Å². The summed E-state index contributed by atoms with van der Waals surface area (Å²) >= 11 is 0. The first kappa shape index (κ1) is 104. The number of phenolic OH excluding ortho intramolecular Hbond substituents is 2. The molecule has 23 heteroatoms. The molecule has 0 radical (unpaired) electrons. The highest BCUT2D eigenvalue weighted by atomic mass is 28.4. The number of carbonyl (C=O) groups excluding carboxylic acids is 6. The van der Waals surface area contributed by atoms with Gasteiger partial charge in [-0.1, -0.05) is 188 Å². The summed E-state index contributed by atoms with van der Waals surface area (Å²) in [5.41, 5.74) is 3.97. The molecule has 5 aliphatic rings. The van der Waals surface area contributed by atoms with Crippen LogP contribution in [0.3, 0.4) is 0 Å². The highest BCUT2D eigenvalue weighted by Crippen LogP contribution is 2.52. The molecule has 0 amide bonds. The second-order valence-corrected chi connectivity index (χ2v) is 57.7. The number of rotatable bonds is 28. The number of carbonyl (C=O) groups is 4. The molecular formula is C98H158O20Si3. The molecule has 0 aromatic heterocycles. The normalized spacial score (nSPS) is 28.2. The van der Waals surface area contributed by atoms with Crippen molar-refractivity contribution in [2.24, 2.45) is 58.2 Å². The van der Waals surface area contributed by atoms with Crippen molar-refractivity contribution in [3.8, 4) is 23.0 Å². The fourth-order valence-corrected chi connectivity index (χ4v) is 20.7. The Balaban J connectivity index is 0.000000402. The van der Waals surface area contributed by atoms with Crippen molar-refractivity contribution in [2.75, 3.05) is 0 Å². The second-order valence-electron chi connectivity index (χ2n) is 43.5. The van der Waals surface area contributed by atoms with E-state index < -0.39 is 102 Å². The molecule has 4 fully saturated rings. The largest absolute Gasteiger partial charge is 0.543 e. The fourth-order valence-electron chi connectivity index (χ4n) is 17.1. The Kier molecular flexibility index (Phi) is 34.2. The number of ketones is 2. The van der Waals surface area contributed by atoms with Crippen LogP contribution in [0.15, 0.2) is 66.8 Å². The van der Waals surface area contributed by atoms with Crippen LogP contribution in [0.4, 0.5) is 0 Å². The molecule has 5 heterocycles.